The highest BCUT2D eigenvalue weighted by Crippen LogP contribution is 2.40. The van der Waals surface area contributed by atoms with Gasteiger partial charge in [0.05, 0.1) is 12.1 Å². The number of carbonyl (C=O) groups is 1. The van der Waals surface area contributed by atoms with E-state index in [2.05, 4.69) is 28.5 Å². The maximum Gasteiger partial charge on any atom is 0.280 e. The number of nitrogens with zero attached hydrogens (tertiary/aromatic N) is 5. The number of guanidine groups is 1. The van der Waals surface area contributed by atoms with Gasteiger partial charge in [-0.15, -0.1) is 0 Å². The summed E-state index contributed by atoms with van der Waals surface area (Å²) in [6, 6.07) is 10.9. The van der Waals surface area contributed by atoms with Gasteiger partial charge in [-0.25, -0.2) is 9.98 Å². The molecule has 1 aliphatic carbocycles. The van der Waals surface area contributed by atoms with E-state index in [-0.39, 0.29) is 5.91 Å². The molecule has 1 aromatic carbocycles. The molecule has 0 unspecified atom stereocenters. The number of benzene rings is 1. The molecule has 5 rings (SSSR count). The van der Waals surface area contributed by atoms with Crippen LogP contribution in [-0.2, 0) is 13.0 Å². The predicted octanol–water partition coefficient (Wildman–Crippen LogP) is 2.68. The van der Waals surface area contributed by atoms with E-state index in [0.717, 1.165) is 36.9 Å². The molecule has 1 saturated carbocycles. The highest BCUT2D eigenvalue weighted by molar-refractivity contribution is 6.18. The maximum absolute atomic E-state index is 13.2. The van der Waals surface area contributed by atoms with E-state index < -0.39 is 0 Å². The van der Waals surface area contributed by atoms with Crippen molar-refractivity contribution in [2.24, 2.45) is 4.99 Å². The quantitative estimate of drug-likeness (QED) is 0.856. The summed E-state index contributed by atoms with van der Waals surface area (Å²) in [4.78, 5) is 26.9. The maximum atomic E-state index is 13.2. The van der Waals surface area contributed by atoms with Gasteiger partial charge in [-0.3, -0.25) is 14.6 Å². The monoisotopic (exact) mass is 349 g/mol. The van der Waals surface area contributed by atoms with Gasteiger partial charge in [-0.2, -0.15) is 0 Å². The second kappa shape index (κ2) is 5.69. The van der Waals surface area contributed by atoms with Crippen LogP contribution in [0.1, 0.15) is 48.1 Å². The van der Waals surface area contributed by atoms with Gasteiger partial charge in [0.1, 0.15) is 5.82 Å². The molecule has 0 spiro atoms. The lowest BCUT2D eigenvalue weighted by Crippen LogP contribution is -2.51. The second-order valence-electron chi connectivity index (χ2n) is 7.35. The van der Waals surface area contributed by atoms with E-state index in [4.69, 9.17) is 9.98 Å². The minimum absolute atomic E-state index is 0.00176. The van der Waals surface area contributed by atoms with Crippen LogP contribution in [0.2, 0.25) is 0 Å². The average Bonchev–Trinajstić information content (AvgIpc) is 3.33. The van der Waals surface area contributed by atoms with Crippen LogP contribution in [0.4, 0.5) is 5.82 Å². The zero-order chi connectivity index (χ0) is 17.8. The molecule has 0 radical (unpaired) electrons. The summed E-state index contributed by atoms with van der Waals surface area (Å²) in [5.41, 5.74) is 1.89. The molecule has 2 aliphatic heterocycles. The van der Waals surface area contributed by atoms with Gasteiger partial charge in [0.2, 0.25) is 5.96 Å². The molecule has 0 bridgehead atoms. The lowest BCUT2D eigenvalue weighted by molar-refractivity contribution is 0.0854. The Balaban J connectivity index is 1.65. The number of imidazole rings is 1. The average molecular weight is 349 g/mol. The fourth-order valence-corrected chi connectivity index (χ4v) is 4.55. The Labute approximate surface area is 153 Å². The van der Waals surface area contributed by atoms with Gasteiger partial charge < -0.3 is 4.57 Å². The van der Waals surface area contributed by atoms with Crippen LogP contribution in [0.5, 0.6) is 0 Å². The number of hydrogen-bond donors (Lipinski definition) is 0. The molecule has 0 saturated heterocycles. The molecule has 0 N–H and O–H groups in total. The van der Waals surface area contributed by atoms with Crippen molar-refractivity contribution < 1.29 is 4.79 Å². The molecule has 134 valence electrons. The van der Waals surface area contributed by atoms with E-state index in [1.54, 1.807) is 4.90 Å². The second-order valence-corrected chi connectivity index (χ2v) is 7.35. The first-order chi connectivity index (χ1) is 12.7. The summed E-state index contributed by atoms with van der Waals surface area (Å²) in [6.45, 7) is 2.77. The number of aliphatic imine (C=N–C) groups is 1. The Morgan fingerprint density at radius 2 is 2.00 bits per heavy atom. The first kappa shape index (κ1) is 15.6. The highest BCUT2D eigenvalue weighted by Gasteiger charge is 2.48. The van der Waals surface area contributed by atoms with E-state index in [9.17, 15) is 4.79 Å². The Hall–Kier alpha value is -2.63. The highest BCUT2D eigenvalue weighted by atomic mass is 16.2. The number of anilines is 1. The van der Waals surface area contributed by atoms with Gasteiger partial charge in [-0.05, 0) is 24.8 Å². The normalized spacial score (nSPS) is 23.8. The Bertz CT molecular complexity index is 900. The van der Waals surface area contributed by atoms with Crippen LogP contribution in [0.3, 0.4) is 0 Å². The number of aromatic nitrogens is 2. The van der Waals surface area contributed by atoms with E-state index in [1.807, 2.05) is 25.2 Å². The van der Waals surface area contributed by atoms with Crippen molar-refractivity contribution in [3.8, 4) is 0 Å². The smallest absolute Gasteiger partial charge is 0.280 e. The molecule has 2 atom stereocenters. The van der Waals surface area contributed by atoms with Gasteiger partial charge >= 0.3 is 0 Å². The van der Waals surface area contributed by atoms with Crippen LogP contribution >= 0.6 is 0 Å². The lowest BCUT2D eigenvalue weighted by Gasteiger charge is -2.34. The third-order valence-electron chi connectivity index (χ3n) is 5.84. The van der Waals surface area contributed by atoms with Crippen LogP contribution in [0.15, 0.2) is 35.3 Å². The standard InChI is InChI=1S/C20H23N5O/c1-3-16-22-18-17(24(16)12-13-8-5-4-6-9-13)19(26)23(2)20-21-14-10-7-11-15(14)25(18)20/h4-6,8-9,14-15H,3,7,10-12H2,1-2H3/t14-,15+/m1/s1. The minimum Gasteiger partial charge on any atom is -0.318 e. The zero-order valence-electron chi connectivity index (χ0n) is 15.2. The SMILES string of the molecule is CCc1nc2c(n1Cc1ccccc1)C(=O)N(C)C1=N[C@@H]3CCC[C@@H]3N12. The Morgan fingerprint density at radius 1 is 1.19 bits per heavy atom. The number of amides is 1. The topological polar surface area (TPSA) is 53.7 Å². The van der Waals surface area contributed by atoms with Gasteiger partial charge in [0.25, 0.3) is 5.91 Å². The molecular weight excluding hydrogens is 326 g/mol. The molecule has 6 heteroatoms. The van der Waals surface area contributed by atoms with Gasteiger partial charge in [0.15, 0.2) is 11.5 Å². The van der Waals surface area contributed by atoms with Gasteiger partial charge in [-0.1, -0.05) is 37.3 Å². The van der Waals surface area contributed by atoms with E-state index in [0.29, 0.717) is 24.3 Å². The molecule has 2 aromatic rings. The number of aryl methyl sites for hydroxylation is 1. The van der Waals surface area contributed by atoms with Crippen molar-refractivity contribution in [1.29, 1.82) is 0 Å². The van der Waals surface area contributed by atoms with Gasteiger partial charge in [0, 0.05) is 20.0 Å². The van der Waals surface area contributed by atoms with Crippen LogP contribution < -0.4 is 4.90 Å². The first-order valence-corrected chi connectivity index (χ1v) is 9.47. The first-order valence-electron chi connectivity index (χ1n) is 9.47. The molecular formula is C20H23N5O. The summed E-state index contributed by atoms with van der Waals surface area (Å²) in [5.74, 6) is 2.56. The molecule has 1 aromatic heterocycles. The zero-order valence-corrected chi connectivity index (χ0v) is 15.2. The van der Waals surface area contributed by atoms with Crippen LogP contribution in [0, 0.1) is 0 Å². The third kappa shape index (κ3) is 2.08. The summed E-state index contributed by atoms with van der Waals surface area (Å²) in [5, 5.41) is 0. The molecule has 6 nitrogen and oxygen atoms in total. The number of carbonyl (C=O) groups excluding carboxylic acids is 1. The summed E-state index contributed by atoms with van der Waals surface area (Å²) in [6.07, 6.45) is 4.21. The van der Waals surface area contributed by atoms with Crippen molar-refractivity contribution in [2.45, 2.75) is 51.2 Å². The number of fused-ring (bicyclic) bond motifs is 5. The Kier molecular flexibility index (Phi) is 3.42. The Morgan fingerprint density at radius 3 is 2.77 bits per heavy atom. The van der Waals surface area contributed by atoms with Crippen LogP contribution in [-0.4, -0.2) is 45.4 Å². The third-order valence-corrected chi connectivity index (χ3v) is 5.84. The molecule has 3 aliphatic rings. The summed E-state index contributed by atoms with van der Waals surface area (Å²) in [7, 11) is 1.84. The van der Waals surface area contributed by atoms with Crippen molar-refractivity contribution in [2.75, 3.05) is 11.9 Å². The van der Waals surface area contributed by atoms with E-state index in [1.165, 1.54) is 12.0 Å². The number of hydrogen-bond acceptors (Lipinski definition) is 4. The summed E-state index contributed by atoms with van der Waals surface area (Å²) < 4.78 is 2.10. The van der Waals surface area contributed by atoms with Crippen molar-refractivity contribution in [1.82, 2.24) is 14.5 Å². The summed E-state index contributed by atoms with van der Waals surface area (Å²) >= 11 is 0. The van der Waals surface area contributed by atoms with E-state index >= 15 is 0 Å². The van der Waals surface area contributed by atoms with Crippen molar-refractivity contribution >= 4 is 17.7 Å². The molecule has 26 heavy (non-hydrogen) atoms. The predicted molar refractivity (Wildman–Crippen MR) is 101 cm³/mol. The molecule has 1 amide bonds. The fourth-order valence-electron chi connectivity index (χ4n) is 4.55. The lowest BCUT2D eigenvalue weighted by atomic mass is 10.1. The molecule has 1 fully saturated rings. The minimum atomic E-state index is -0.00176. The van der Waals surface area contributed by atoms with Crippen molar-refractivity contribution in [3.63, 3.8) is 0 Å². The fraction of sp³-hybridized carbons (Fsp3) is 0.450. The largest absolute Gasteiger partial charge is 0.318 e. The van der Waals surface area contributed by atoms with Crippen molar-refractivity contribution in [3.05, 3.63) is 47.4 Å². The molecule has 3 heterocycles. The van der Waals surface area contributed by atoms with Crippen LogP contribution in [0.25, 0.3) is 0 Å². The number of rotatable bonds is 3.